The molecule has 2 rings (SSSR count). The van der Waals surface area contributed by atoms with Crippen molar-refractivity contribution in [1.29, 1.82) is 0 Å². The normalized spacial score (nSPS) is 23.6. The van der Waals surface area contributed by atoms with Gasteiger partial charge in [-0.1, -0.05) is 6.07 Å². The average molecular weight is 248 g/mol. The van der Waals surface area contributed by atoms with Crippen LogP contribution in [0, 0.1) is 0 Å². The van der Waals surface area contributed by atoms with Crippen LogP contribution in [-0.2, 0) is 12.1 Å². The van der Waals surface area contributed by atoms with Crippen LogP contribution in [0.5, 0.6) is 5.75 Å². The van der Waals surface area contributed by atoms with Gasteiger partial charge in [-0.3, -0.25) is 0 Å². The third kappa shape index (κ3) is 2.68. The third-order valence-corrected chi connectivity index (χ3v) is 3.77. The van der Waals surface area contributed by atoms with E-state index in [2.05, 4.69) is 49.4 Å². The van der Waals surface area contributed by atoms with E-state index >= 15 is 0 Å². The molecule has 0 spiro atoms. The van der Waals surface area contributed by atoms with Crippen LogP contribution in [0.2, 0.25) is 0 Å². The maximum absolute atomic E-state index is 5.45. The monoisotopic (exact) mass is 248 g/mol. The summed E-state index contributed by atoms with van der Waals surface area (Å²) in [6.07, 6.45) is 2.46. The summed E-state index contributed by atoms with van der Waals surface area (Å²) in [5.41, 5.74) is 2.76. The van der Waals surface area contributed by atoms with E-state index in [-0.39, 0.29) is 5.54 Å². The van der Waals surface area contributed by atoms with Gasteiger partial charge in [0.15, 0.2) is 0 Å². The van der Waals surface area contributed by atoms with Gasteiger partial charge in [-0.2, -0.15) is 0 Å². The molecule has 0 aromatic heterocycles. The number of benzene rings is 1. The highest BCUT2D eigenvalue weighted by Gasteiger charge is 2.30. The first kappa shape index (κ1) is 13.4. The molecule has 3 heteroatoms. The van der Waals surface area contributed by atoms with Gasteiger partial charge in [-0.05, 0) is 58.1 Å². The van der Waals surface area contributed by atoms with Gasteiger partial charge >= 0.3 is 0 Å². The molecular weight excluding hydrogens is 224 g/mol. The summed E-state index contributed by atoms with van der Waals surface area (Å²) in [5.74, 6) is 0.981. The van der Waals surface area contributed by atoms with E-state index in [4.69, 9.17) is 4.74 Å². The third-order valence-electron chi connectivity index (χ3n) is 3.77. The highest BCUT2D eigenvalue weighted by atomic mass is 16.5. The van der Waals surface area contributed by atoms with E-state index in [1.165, 1.54) is 24.0 Å². The summed E-state index contributed by atoms with van der Waals surface area (Å²) < 4.78 is 5.45. The Morgan fingerprint density at radius 3 is 2.72 bits per heavy atom. The Kier molecular flexibility index (Phi) is 3.93. The highest BCUT2D eigenvalue weighted by molar-refractivity contribution is 5.40. The first-order valence-electron chi connectivity index (χ1n) is 6.62. The van der Waals surface area contributed by atoms with Gasteiger partial charge < -0.3 is 15.0 Å². The lowest BCUT2D eigenvalue weighted by Gasteiger charge is -2.26. The second-order valence-electron chi connectivity index (χ2n) is 5.63. The predicted molar refractivity (Wildman–Crippen MR) is 75.0 cm³/mol. The molecular formula is C15H24N2O. The minimum atomic E-state index is 0.132. The van der Waals surface area contributed by atoms with Gasteiger partial charge in [-0.25, -0.2) is 0 Å². The van der Waals surface area contributed by atoms with E-state index in [1.54, 1.807) is 7.11 Å². The van der Waals surface area contributed by atoms with Crippen molar-refractivity contribution < 1.29 is 4.74 Å². The lowest BCUT2D eigenvalue weighted by molar-refractivity contribution is 0.369. The Labute approximate surface area is 110 Å². The lowest BCUT2D eigenvalue weighted by atomic mass is 9.89. The van der Waals surface area contributed by atoms with E-state index in [9.17, 15) is 0 Å². The summed E-state index contributed by atoms with van der Waals surface area (Å²) in [6, 6.07) is 6.58. The molecule has 1 aliphatic heterocycles. The Hall–Kier alpha value is -1.06. The van der Waals surface area contributed by atoms with Crippen LogP contribution in [-0.4, -0.2) is 32.6 Å². The Morgan fingerprint density at radius 1 is 1.39 bits per heavy atom. The zero-order valence-corrected chi connectivity index (χ0v) is 11.9. The second kappa shape index (κ2) is 5.29. The number of hydrogen-bond donors (Lipinski definition) is 1. The molecule has 1 heterocycles. The van der Waals surface area contributed by atoms with E-state index < -0.39 is 0 Å². The second-order valence-corrected chi connectivity index (χ2v) is 5.63. The molecule has 1 aromatic rings. The van der Waals surface area contributed by atoms with Gasteiger partial charge in [0.25, 0.3) is 0 Å². The molecule has 0 amide bonds. The molecule has 18 heavy (non-hydrogen) atoms. The summed E-state index contributed by atoms with van der Waals surface area (Å²) >= 11 is 0. The minimum absolute atomic E-state index is 0.132. The van der Waals surface area contributed by atoms with Gasteiger partial charge in [0.1, 0.15) is 5.75 Å². The fourth-order valence-corrected chi connectivity index (χ4v) is 2.73. The molecule has 0 aliphatic carbocycles. The Morgan fingerprint density at radius 2 is 2.17 bits per heavy atom. The number of nitrogens with one attached hydrogen (secondary N) is 1. The summed E-state index contributed by atoms with van der Waals surface area (Å²) in [7, 11) is 5.91. The van der Waals surface area contributed by atoms with Crippen molar-refractivity contribution in [3.63, 3.8) is 0 Å². The number of nitrogens with zero attached hydrogens (tertiary/aromatic N) is 1. The highest BCUT2D eigenvalue weighted by Crippen LogP contribution is 2.33. The maximum atomic E-state index is 5.45. The van der Waals surface area contributed by atoms with Crippen molar-refractivity contribution in [1.82, 2.24) is 10.2 Å². The summed E-state index contributed by atoms with van der Waals surface area (Å²) in [4.78, 5) is 2.17. The molecule has 1 aliphatic rings. The van der Waals surface area contributed by atoms with E-state index in [0.29, 0.717) is 0 Å². The number of hydrogen-bond acceptors (Lipinski definition) is 3. The minimum Gasteiger partial charge on any atom is -0.496 e. The first-order chi connectivity index (χ1) is 8.55. The van der Waals surface area contributed by atoms with Gasteiger partial charge in [0.2, 0.25) is 0 Å². The number of methoxy groups -OCH3 is 1. The fourth-order valence-electron chi connectivity index (χ4n) is 2.73. The van der Waals surface area contributed by atoms with Crippen LogP contribution >= 0.6 is 0 Å². The van der Waals surface area contributed by atoms with Gasteiger partial charge in [-0.15, -0.1) is 0 Å². The van der Waals surface area contributed by atoms with Crippen LogP contribution in [0.4, 0.5) is 0 Å². The van der Waals surface area contributed by atoms with Crippen molar-refractivity contribution in [2.75, 3.05) is 27.7 Å². The quantitative estimate of drug-likeness (QED) is 0.885. The zero-order valence-electron chi connectivity index (χ0n) is 11.9. The van der Waals surface area contributed by atoms with Crippen LogP contribution in [0.1, 0.15) is 30.9 Å². The first-order valence-corrected chi connectivity index (χ1v) is 6.62. The van der Waals surface area contributed by atoms with Crippen molar-refractivity contribution >= 4 is 0 Å². The van der Waals surface area contributed by atoms with Gasteiger partial charge in [0.05, 0.1) is 7.11 Å². The van der Waals surface area contributed by atoms with Crippen molar-refractivity contribution in [3.8, 4) is 5.75 Å². The van der Waals surface area contributed by atoms with E-state index in [0.717, 1.165) is 18.8 Å². The molecule has 0 bridgehead atoms. The molecule has 1 atom stereocenters. The summed E-state index contributed by atoms with van der Waals surface area (Å²) in [5, 5.41) is 3.61. The van der Waals surface area contributed by atoms with Crippen LogP contribution in [0.3, 0.4) is 0 Å². The van der Waals surface area contributed by atoms with Gasteiger partial charge in [0, 0.05) is 17.6 Å². The molecule has 3 nitrogen and oxygen atoms in total. The largest absolute Gasteiger partial charge is 0.496 e. The molecule has 0 radical (unpaired) electrons. The molecule has 100 valence electrons. The molecule has 1 saturated heterocycles. The van der Waals surface area contributed by atoms with Crippen LogP contribution in [0.15, 0.2) is 18.2 Å². The van der Waals surface area contributed by atoms with Crippen molar-refractivity contribution in [3.05, 3.63) is 29.3 Å². The number of ether oxygens (including phenoxy) is 1. The topological polar surface area (TPSA) is 24.5 Å². The number of rotatable bonds is 4. The Balaban J connectivity index is 2.32. The zero-order chi connectivity index (χ0) is 13.2. The van der Waals surface area contributed by atoms with Crippen LogP contribution in [0.25, 0.3) is 0 Å². The van der Waals surface area contributed by atoms with E-state index in [1.807, 2.05) is 0 Å². The standard InChI is InChI=1S/C15H24N2O/c1-15(8-5-9-16-15)13-6-7-14(18-4)12(10-13)11-17(2)3/h6-7,10,16H,5,8-9,11H2,1-4H3. The fraction of sp³-hybridized carbons (Fsp3) is 0.600. The molecule has 1 N–H and O–H groups in total. The lowest BCUT2D eigenvalue weighted by Crippen LogP contribution is -2.33. The maximum Gasteiger partial charge on any atom is 0.123 e. The molecule has 0 saturated carbocycles. The van der Waals surface area contributed by atoms with Crippen LogP contribution < -0.4 is 10.1 Å². The smallest absolute Gasteiger partial charge is 0.123 e. The average Bonchev–Trinajstić information content (AvgIpc) is 2.76. The molecule has 1 unspecified atom stereocenters. The SMILES string of the molecule is COc1ccc(C2(C)CCCN2)cc1CN(C)C. The predicted octanol–water partition coefficient (Wildman–Crippen LogP) is 2.36. The molecule has 1 aromatic carbocycles. The van der Waals surface area contributed by atoms with Crippen molar-refractivity contribution in [2.45, 2.75) is 31.8 Å². The van der Waals surface area contributed by atoms with Crippen molar-refractivity contribution in [2.24, 2.45) is 0 Å². The Bertz CT molecular complexity index is 409. The molecule has 1 fully saturated rings. The summed E-state index contributed by atoms with van der Waals surface area (Å²) in [6.45, 7) is 4.32.